The molecular weight excluding hydrogens is 544 g/mol. The van der Waals surface area contributed by atoms with Crippen molar-refractivity contribution in [2.75, 3.05) is 5.32 Å². The van der Waals surface area contributed by atoms with E-state index >= 15 is 4.39 Å². The summed E-state index contributed by atoms with van der Waals surface area (Å²) in [4.78, 5) is 29.6. The first-order valence-electron chi connectivity index (χ1n) is 12.6. The molecule has 2 aromatic carbocycles. The molecule has 8 nitrogen and oxygen atoms in total. The number of aromatic amines is 2. The Morgan fingerprint density at radius 1 is 0.976 bits per heavy atom. The summed E-state index contributed by atoms with van der Waals surface area (Å²) in [5, 5.41) is 9.99. The number of amides is 1. The lowest BCUT2D eigenvalue weighted by Crippen LogP contribution is -2.14. The zero-order valence-corrected chi connectivity index (χ0v) is 22.0. The number of rotatable bonds is 6. The SMILES string of the molecule is O=C(Cc1ccccc1)Nc1cncc(-c2ccc3[nH]nc(-c4nc5nccc(-c6ccc(F)s6)c5[nH]4)c3c2F)c1. The first-order chi connectivity index (χ1) is 20.0. The van der Waals surface area contributed by atoms with Crippen LogP contribution in [0.3, 0.4) is 0 Å². The smallest absolute Gasteiger partial charge is 0.228 e. The van der Waals surface area contributed by atoms with E-state index in [2.05, 4.69) is 35.5 Å². The number of fused-ring (bicyclic) bond motifs is 2. The minimum absolute atomic E-state index is 0.202. The average molecular weight is 564 g/mol. The number of nitrogens with one attached hydrogen (secondary N) is 3. The number of thiophene rings is 1. The Labute approximate surface area is 235 Å². The molecule has 0 fully saturated rings. The van der Waals surface area contributed by atoms with E-state index in [1.807, 2.05) is 30.3 Å². The molecule has 0 aliphatic rings. The van der Waals surface area contributed by atoms with Crippen LogP contribution < -0.4 is 5.32 Å². The van der Waals surface area contributed by atoms with Gasteiger partial charge in [-0.25, -0.2) is 14.4 Å². The minimum Gasteiger partial charge on any atom is -0.335 e. The molecule has 41 heavy (non-hydrogen) atoms. The number of hydrogen-bond donors (Lipinski definition) is 3. The first kappa shape index (κ1) is 24.7. The van der Waals surface area contributed by atoms with Crippen molar-refractivity contribution in [1.82, 2.24) is 30.1 Å². The summed E-state index contributed by atoms with van der Waals surface area (Å²) < 4.78 is 29.9. The molecule has 7 rings (SSSR count). The molecule has 11 heteroatoms. The number of aromatic nitrogens is 6. The number of H-pyrrole nitrogens is 2. The van der Waals surface area contributed by atoms with Gasteiger partial charge in [0.25, 0.3) is 0 Å². The number of anilines is 1. The largest absolute Gasteiger partial charge is 0.335 e. The van der Waals surface area contributed by atoms with Gasteiger partial charge in [-0.05, 0) is 42.0 Å². The number of carbonyl (C=O) groups excluding carboxylic acids is 1. The van der Waals surface area contributed by atoms with Crippen LogP contribution in [0.2, 0.25) is 0 Å². The van der Waals surface area contributed by atoms with Gasteiger partial charge in [0.15, 0.2) is 16.6 Å². The van der Waals surface area contributed by atoms with E-state index < -0.39 is 5.82 Å². The highest BCUT2D eigenvalue weighted by Gasteiger charge is 2.21. The fourth-order valence-corrected chi connectivity index (χ4v) is 5.56. The molecule has 0 spiro atoms. The highest BCUT2D eigenvalue weighted by molar-refractivity contribution is 7.14. The summed E-state index contributed by atoms with van der Waals surface area (Å²) in [5.74, 6) is -0.402. The second kappa shape index (κ2) is 10.0. The maximum atomic E-state index is 16.1. The molecule has 0 unspecified atom stereocenters. The number of pyridine rings is 2. The number of nitrogens with zero attached hydrogens (tertiary/aromatic N) is 4. The number of halogens is 2. The molecular formula is C30H19F2N7OS. The molecule has 5 aromatic heterocycles. The van der Waals surface area contributed by atoms with E-state index in [1.165, 1.54) is 18.5 Å². The second-order valence-electron chi connectivity index (χ2n) is 9.34. The summed E-state index contributed by atoms with van der Waals surface area (Å²) >= 11 is 1.02. The molecule has 0 aliphatic carbocycles. The van der Waals surface area contributed by atoms with Crippen LogP contribution in [0.25, 0.3) is 55.2 Å². The van der Waals surface area contributed by atoms with Gasteiger partial charge >= 0.3 is 0 Å². The summed E-state index contributed by atoms with van der Waals surface area (Å²) in [5.41, 5.74) is 4.61. The Balaban J connectivity index is 1.24. The summed E-state index contributed by atoms with van der Waals surface area (Å²) in [6.45, 7) is 0. The fraction of sp³-hybridized carbons (Fsp3) is 0.0333. The quantitative estimate of drug-likeness (QED) is 0.207. The van der Waals surface area contributed by atoms with E-state index in [4.69, 9.17) is 0 Å². The zero-order valence-electron chi connectivity index (χ0n) is 21.2. The maximum absolute atomic E-state index is 16.1. The third-order valence-electron chi connectivity index (χ3n) is 6.66. The molecule has 200 valence electrons. The predicted octanol–water partition coefficient (Wildman–Crippen LogP) is 6.75. The van der Waals surface area contributed by atoms with Crippen LogP contribution in [-0.4, -0.2) is 36.0 Å². The van der Waals surface area contributed by atoms with Crippen LogP contribution in [0, 0.1) is 10.9 Å². The number of imidazole rings is 1. The Hall–Kier alpha value is -5.29. The van der Waals surface area contributed by atoms with Crippen LogP contribution in [0.4, 0.5) is 14.5 Å². The normalized spacial score (nSPS) is 11.4. The Kier molecular flexibility index (Phi) is 6.05. The van der Waals surface area contributed by atoms with Crippen molar-refractivity contribution in [2.45, 2.75) is 6.42 Å². The Morgan fingerprint density at radius 2 is 1.85 bits per heavy atom. The molecule has 0 bridgehead atoms. The highest BCUT2D eigenvalue weighted by Crippen LogP contribution is 2.36. The number of benzene rings is 2. The summed E-state index contributed by atoms with van der Waals surface area (Å²) in [6.07, 6.45) is 4.86. The van der Waals surface area contributed by atoms with E-state index in [0.29, 0.717) is 38.6 Å². The third kappa shape index (κ3) is 4.61. The van der Waals surface area contributed by atoms with Gasteiger partial charge in [0.05, 0.1) is 34.7 Å². The second-order valence-corrected chi connectivity index (χ2v) is 10.4. The Morgan fingerprint density at radius 3 is 2.68 bits per heavy atom. The van der Waals surface area contributed by atoms with Crippen molar-refractivity contribution in [1.29, 1.82) is 0 Å². The fourth-order valence-electron chi connectivity index (χ4n) is 4.80. The van der Waals surface area contributed by atoms with Gasteiger partial charge in [0.2, 0.25) is 5.91 Å². The van der Waals surface area contributed by atoms with Crippen molar-refractivity contribution in [2.24, 2.45) is 0 Å². The van der Waals surface area contributed by atoms with Crippen LogP contribution in [0.15, 0.2) is 85.3 Å². The van der Waals surface area contributed by atoms with Crippen LogP contribution in [0.5, 0.6) is 0 Å². The van der Waals surface area contributed by atoms with Gasteiger partial charge in [0, 0.05) is 34.0 Å². The van der Waals surface area contributed by atoms with Gasteiger partial charge in [0.1, 0.15) is 11.5 Å². The monoisotopic (exact) mass is 563 g/mol. The van der Waals surface area contributed by atoms with Crippen molar-refractivity contribution in [3.05, 3.63) is 102 Å². The Bertz CT molecular complexity index is 2070. The third-order valence-corrected chi connectivity index (χ3v) is 7.57. The molecule has 1 amide bonds. The van der Waals surface area contributed by atoms with Crippen LogP contribution in [0.1, 0.15) is 5.56 Å². The molecule has 0 radical (unpaired) electrons. The van der Waals surface area contributed by atoms with E-state index in [-0.39, 0.29) is 34.1 Å². The first-order valence-corrected chi connectivity index (χ1v) is 13.4. The molecule has 0 aliphatic heterocycles. The summed E-state index contributed by atoms with van der Waals surface area (Å²) in [6, 6.07) is 19.3. The van der Waals surface area contributed by atoms with Gasteiger partial charge in [-0.1, -0.05) is 30.3 Å². The molecule has 7 aromatic rings. The van der Waals surface area contributed by atoms with E-state index in [0.717, 1.165) is 22.5 Å². The lowest BCUT2D eigenvalue weighted by atomic mass is 10.0. The van der Waals surface area contributed by atoms with Crippen molar-refractivity contribution in [3.63, 3.8) is 0 Å². The maximum Gasteiger partial charge on any atom is 0.228 e. The highest BCUT2D eigenvalue weighted by atomic mass is 32.1. The van der Waals surface area contributed by atoms with Crippen molar-refractivity contribution >= 4 is 45.0 Å². The number of carbonyl (C=O) groups is 1. The molecule has 0 saturated carbocycles. The van der Waals surface area contributed by atoms with E-state index in [1.54, 1.807) is 36.5 Å². The summed E-state index contributed by atoms with van der Waals surface area (Å²) in [7, 11) is 0. The average Bonchev–Trinajstić information content (AvgIpc) is 3.72. The predicted molar refractivity (Wildman–Crippen MR) is 154 cm³/mol. The standard InChI is InChI=1S/C30H19F2N7OS/c31-23-9-8-22(41-23)20-10-11-34-29-27(20)36-30(37-29)28-25-21(38-39-28)7-6-19(26(25)32)17-13-18(15-33-14-17)35-24(40)12-16-4-2-1-3-5-16/h1-11,13-15H,12H2,(H,35,40)(H,38,39)(H,34,36,37). The molecule has 0 saturated heterocycles. The minimum atomic E-state index is -0.519. The van der Waals surface area contributed by atoms with Gasteiger partial charge in [-0.15, -0.1) is 11.3 Å². The van der Waals surface area contributed by atoms with Gasteiger partial charge in [-0.2, -0.15) is 9.49 Å². The van der Waals surface area contributed by atoms with Crippen LogP contribution in [-0.2, 0) is 11.2 Å². The molecule has 0 atom stereocenters. The number of hydrogen-bond acceptors (Lipinski definition) is 6. The van der Waals surface area contributed by atoms with Gasteiger partial charge < -0.3 is 10.3 Å². The molecule has 5 heterocycles. The topological polar surface area (TPSA) is 112 Å². The van der Waals surface area contributed by atoms with Crippen molar-refractivity contribution in [3.8, 4) is 33.1 Å². The van der Waals surface area contributed by atoms with Crippen molar-refractivity contribution < 1.29 is 13.6 Å². The lowest BCUT2D eigenvalue weighted by Gasteiger charge is -2.09. The lowest BCUT2D eigenvalue weighted by molar-refractivity contribution is -0.115. The van der Waals surface area contributed by atoms with E-state index in [9.17, 15) is 9.18 Å². The van der Waals surface area contributed by atoms with Gasteiger partial charge in [-0.3, -0.25) is 14.9 Å². The molecule has 3 N–H and O–H groups in total. The van der Waals surface area contributed by atoms with Crippen LogP contribution >= 0.6 is 11.3 Å². The zero-order chi connectivity index (χ0) is 27.9.